The number of carbonyl (C=O) groups excluding carboxylic acids is 1. The molecule has 2 aromatic heterocycles. The lowest BCUT2D eigenvalue weighted by atomic mass is 10.1. The molecule has 4 rings (SSSR count). The molecule has 0 N–H and O–H groups in total. The average molecular weight is 448 g/mol. The second-order valence-electron chi connectivity index (χ2n) is 8.09. The third-order valence-corrected chi connectivity index (χ3v) is 5.85. The normalized spacial score (nSPS) is 15.3. The fourth-order valence-electron chi connectivity index (χ4n) is 3.99. The zero-order valence-electron chi connectivity index (χ0n) is 19.1. The Morgan fingerprint density at radius 1 is 1.00 bits per heavy atom. The van der Waals surface area contributed by atoms with Crippen LogP contribution in [0, 0.1) is 0 Å². The Balaban J connectivity index is 1.42. The number of hydrogen-bond acceptors (Lipinski definition) is 6. The second kappa shape index (κ2) is 10.4. The van der Waals surface area contributed by atoms with E-state index in [0.29, 0.717) is 25.4 Å². The third-order valence-electron chi connectivity index (χ3n) is 5.85. The molecule has 172 valence electrons. The summed E-state index contributed by atoms with van der Waals surface area (Å²) in [6.07, 6.45) is 3.59. The minimum atomic E-state index is -0.674. The SMILES string of the molecule is CCOc1ccc(-c2ccc(=O)n(C(C)C(=O)N3CCN(Cc4ccncc4)CC3)n2)cc1. The van der Waals surface area contributed by atoms with Gasteiger partial charge in [-0.15, -0.1) is 0 Å². The standard InChI is InChI=1S/C25H29N5O3/c1-3-33-22-6-4-21(5-7-22)23-8-9-24(31)30(27-23)19(2)25(32)29-16-14-28(15-17-29)18-20-10-12-26-13-11-20/h4-13,19H,3,14-18H2,1-2H3. The molecule has 1 fully saturated rings. The molecule has 1 aromatic carbocycles. The van der Waals surface area contributed by atoms with Gasteiger partial charge in [-0.3, -0.25) is 19.5 Å². The maximum absolute atomic E-state index is 13.2. The van der Waals surface area contributed by atoms with E-state index < -0.39 is 6.04 Å². The van der Waals surface area contributed by atoms with Crippen LogP contribution in [-0.2, 0) is 11.3 Å². The van der Waals surface area contributed by atoms with Crippen LogP contribution in [0.15, 0.2) is 65.7 Å². The molecular formula is C25H29N5O3. The van der Waals surface area contributed by atoms with Crippen molar-refractivity contribution in [3.05, 3.63) is 76.8 Å². The average Bonchev–Trinajstić information content (AvgIpc) is 2.85. The lowest BCUT2D eigenvalue weighted by Crippen LogP contribution is -2.50. The van der Waals surface area contributed by atoms with Gasteiger partial charge < -0.3 is 9.64 Å². The molecule has 8 nitrogen and oxygen atoms in total. The van der Waals surface area contributed by atoms with Crippen molar-refractivity contribution >= 4 is 5.91 Å². The summed E-state index contributed by atoms with van der Waals surface area (Å²) in [4.78, 5) is 33.9. The molecule has 0 radical (unpaired) electrons. The first kappa shape index (κ1) is 22.7. The summed E-state index contributed by atoms with van der Waals surface area (Å²) in [5.74, 6) is 0.693. The summed E-state index contributed by atoms with van der Waals surface area (Å²) in [5, 5.41) is 4.50. The molecule has 1 amide bonds. The largest absolute Gasteiger partial charge is 0.494 e. The molecule has 0 spiro atoms. The number of aromatic nitrogens is 3. The first-order valence-electron chi connectivity index (χ1n) is 11.3. The Bertz CT molecular complexity index is 1120. The number of hydrogen-bond donors (Lipinski definition) is 0. The summed E-state index contributed by atoms with van der Waals surface area (Å²) in [6.45, 7) is 7.94. The fourth-order valence-corrected chi connectivity index (χ4v) is 3.99. The van der Waals surface area contributed by atoms with Crippen LogP contribution in [0.1, 0.15) is 25.5 Å². The van der Waals surface area contributed by atoms with Crippen LogP contribution < -0.4 is 10.3 Å². The van der Waals surface area contributed by atoms with Gasteiger partial charge >= 0.3 is 0 Å². The molecule has 1 unspecified atom stereocenters. The van der Waals surface area contributed by atoms with Gasteiger partial charge in [0.2, 0.25) is 5.91 Å². The van der Waals surface area contributed by atoms with Gasteiger partial charge in [0.05, 0.1) is 12.3 Å². The molecule has 8 heteroatoms. The molecule has 3 heterocycles. The maximum Gasteiger partial charge on any atom is 0.267 e. The molecule has 3 aromatic rings. The molecule has 1 aliphatic heterocycles. The van der Waals surface area contributed by atoms with Crippen molar-refractivity contribution in [2.75, 3.05) is 32.8 Å². The monoisotopic (exact) mass is 447 g/mol. The van der Waals surface area contributed by atoms with Crippen molar-refractivity contribution in [3.63, 3.8) is 0 Å². The highest BCUT2D eigenvalue weighted by Crippen LogP contribution is 2.21. The van der Waals surface area contributed by atoms with E-state index in [1.54, 1.807) is 25.4 Å². The van der Waals surface area contributed by atoms with E-state index in [1.165, 1.54) is 16.3 Å². The summed E-state index contributed by atoms with van der Waals surface area (Å²) in [7, 11) is 0. The fraction of sp³-hybridized carbons (Fsp3) is 0.360. The van der Waals surface area contributed by atoms with E-state index in [1.807, 2.05) is 48.2 Å². The molecule has 1 saturated heterocycles. The van der Waals surface area contributed by atoms with E-state index in [4.69, 9.17) is 4.74 Å². The molecule has 1 aliphatic rings. The van der Waals surface area contributed by atoms with Gasteiger partial charge in [-0.2, -0.15) is 5.10 Å². The molecular weight excluding hydrogens is 418 g/mol. The van der Waals surface area contributed by atoms with Gasteiger partial charge in [0, 0.05) is 56.7 Å². The minimum absolute atomic E-state index is 0.0861. The third kappa shape index (κ3) is 5.46. The van der Waals surface area contributed by atoms with Crippen LogP contribution in [0.4, 0.5) is 0 Å². The zero-order valence-corrected chi connectivity index (χ0v) is 19.1. The van der Waals surface area contributed by atoms with E-state index >= 15 is 0 Å². The number of benzene rings is 1. The summed E-state index contributed by atoms with van der Waals surface area (Å²) in [6, 6.07) is 14.0. The number of ether oxygens (including phenoxy) is 1. The number of pyridine rings is 1. The zero-order chi connectivity index (χ0) is 23.2. The number of rotatable bonds is 7. The maximum atomic E-state index is 13.2. The predicted octanol–water partition coefficient (Wildman–Crippen LogP) is 2.61. The topological polar surface area (TPSA) is 80.6 Å². The molecule has 1 atom stereocenters. The number of piperazine rings is 1. The summed E-state index contributed by atoms with van der Waals surface area (Å²) < 4.78 is 6.77. The molecule has 0 aliphatic carbocycles. The van der Waals surface area contributed by atoms with E-state index in [0.717, 1.165) is 30.9 Å². The van der Waals surface area contributed by atoms with Crippen LogP contribution >= 0.6 is 0 Å². The van der Waals surface area contributed by atoms with Gasteiger partial charge in [-0.1, -0.05) is 0 Å². The second-order valence-corrected chi connectivity index (χ2v) is 8.09. The highest BCUT2D eigenvalue weighted by atomic mass is 16.5. The Morgan fingerprint density at radius 3 is 2.36 bits per heavy atom. The van der Waals surface area contributed by atoms with Crippen molar-refractivity contribution in [2.45, 2.75) is 26.4 Å². The molecule has 0 bridgehead atoms. The number of carbonyl (C=O) groups is 1. The van der Waals surface area contributed by atoms with Gasteiger partial charge in [-0.05, 0) is 61.9 Å². The molecule has 0 saturated carbocycles. The van der Waals surface area contributed by atoms with Crippen molar-refractivity contribution in [2.24, 2.45) is 0 Å². The van der Waals surface area contributed by atoms with E-state index in [9.17, 15) is 9.59 Å². The van der Waals surface area contributed by atoms with Crippen LogP contribution in [-0.4, -0.2) is 63.3 Å². The Labute approximate surface area is 193 Å². The van der Waals surface area contributed by atoms with Crippen molar-refractivity contribution < 1.29 is 9.53 Å². The Morgan fingerprint density at radius 2 is 1.70 bits per heavy atom. The van der Waals surface area contributed by atoms with Crippen molar-refractivity contribution in [3.8, 4) is 17.0 Å². The highest BCUT2D eigenvalue weighted by molar-refractivity contribution is 5.80. The van der Waals surface area contributed by atoms with E-state index in [2.05, 4.69) is 15.0 Å². The van der Waals surface area contributed by atoms with Gasteiger partial charge in [0.15, 0.2) is 0 Å². The number of nitrogens with zero attached hydrogens (tertiary/aromatic N) is 5. The van der Waals surface area contributed by atoms with Crippen molar-refractivity contribution in [1.29, 1.82) is 0 Å². The van der Waals surface area contributed by atoms with Gasteiger partial charge in [0.25, 0.3) is 5.56 Å². The first-order valence-corrected chi connectivity index (χ1v) is 11.3. The summed E-state index contributed by atoms with van der Waals surface area (Å²) in [5.41, 5.74) is 2.41. The van der Waals surface area contributed by atoms with Crippen LogP contribution in [0.25, 0.3) is 11.3 Å². The lowest BCUT2D eigenvalue weighted by molar-refractivity contribution is -0.136. The predicted molar refractivity (Wildman–Crippen MR) is 126 cm³/mol. The Kier molecular flexibility index (Phi) is 7.14. The van der Waals surface area contributed by atoms with E-state index in [-0.39, 0.29) is 11.5 Å². The van der Waals surface area contributed by atoms with Crippen LogP contribution in [0.3, 0.4) is 0 Å². The van der Waals surface area contributed by atoms with Crippen molar-refractivity contribution in [1.82, 2.24) is 24.6 Å². The minimum Gasteiger partial charge on any atom is -0.494 e. The van der Waals surface area contributed by atoms with Gasteiger partial charge in [0.1, 0.15) is 11.8 Å². The number of amides is 1. The quantitative estimate of drug-likeness (QED) is 0.554. The smallest absolute Gasteiger partial charge is 0.267 e. The highest BCUT2D eigenvalue weighted by Gasteiger charge is 2.27. The first-order chi connectivity index (χ1) is 16.0. The molecule has 33 heavy (non-hydrogen) atoms. The van der Waals surface area contributed by atoms with Crippen LogP contribution in [0.5, 0.6) is 5.75 Å². The van der Waals surface area contributed by atoms with Crippen LogP contribution in [0.2, 0.25) is 0 Å². The Hall–Kier alpha value is -3.52. The summed E-state index contributed by atoms with van der Waals surface area (Å²) >= 11 is 0. The lowest BCUT2D eigenvalue weighted by Gasteiger charge is -2.36. The van der Waals surface area contributed by atoms with Gasteiger partial charge in [-0.25, -0.2) is 4.68 Å².